The summed E-state index contributed by atoms with van der Waals surface area (Å²) in [5.74, 6) is 0.685. The van der Waals surface area contributed by atoms with E-state index in [9.17, 15) is 9.59 Å². The van der Waals surface area contributed by atoms with E-state index < -0.39 is 17.2 Å². The molecule has 3 aromatic carbocycles. The minimum atomic E-state index is -1.19. The number of para-hydroxylation sites is 2. The summed E-state index contributed by atoms with van der Waals surface area (Å²) in [6.07, 6.45) is 0. The van der Waals surface area contributed by atoms with E-state index in [1.54, 1.807) is 12.1 Å². The third-order valence-corrected chi connectivity index (χ3v) is 5.14. The van der Waals surface area contributed by atoms with E-state index in [1.807, 2.05) is 48.5 Å². The van der Waals surface area contributed by atoms with Crippen molar-refractivity contribution in [2.45, 2.75) is 5.60 Å². The van der Waals surface area contributed by atoms with Crippen LogP contribution < -0.4 is 10.4 Å². The molecule has 0 unspecified atom stereocenters. The molecule has 0 saturated carbocycles. The number of rotatable bonds is 0. The van der Waals surface area contributed by atoms with Crippen LogP contribution in [0.2, 0.25) is 0 Å². The van der Waals surface area contributed by atoms with Gasteiger partial charge in [-0.2, -0.15) is 0 Å². The maximum Gasteiger partial charge on any atom is 0.344 e. The molecule has 2 aliphatic heterocycles. The molecule has 2 aromatic heterocycles. The van der Waals surface area contributed by atoms with Gasteiger partial charge in [0, 0.05) is 11.1 Å². The van der Waals surface area contributed by atoms with Crippen molar-refractivity contribution in [1.82, 2.24) is 0 Å². The summed E-state index contributed by atoms with van der Waals surface area (Å²) in [5, 5.41) is 0.235. The van der Waals surface area contributed by atoms with Crippen LogP contribution in [0.15, 0.2) is 69.9 Å². The van der Waals surface area contributed by atoms with Crippen LogP contribution in [-0.4, -0.2) is 5.97 Å². The quantitative estimate of drug-likeness (QED) is 0.455. The lowest BCUT2D eigenvalue weighted by molar-refractivity contribution is 0.0227. The second-order valence-electron chi connectivity index (χ2n) is 6.42. The van der Waals surface area contributed by atoms with E-state index in [2.05, 4.69) is 0 Å². The van der Waals surface area contributed by atoms with Gasteiger partial charge in [-0.15, -0.1) is 0 Å². The van der Waals surface area contributed by atoms with E-state index in [1.165, 1.54) is 0 Å². The highest BCUT2D eigenvalue weighted by Crippen LogP contribution is 2.57. The molecule has 0 N–H and O–H groups in total. The summed E-state index contributed by atoms with van der Waals surface area (Å²) in [4.78, 5) is 24.9. The summed E-state index contributed by atoms with van der Waals surface area (Å²) in [5.41, 5.74) is 0.905. The fraction of sp³-hybridized carbons (Fsp3) is 0.0476. The average Bonchev–Trinajstić information content (AvgIpc) is 2.98. The average molecular weight is 342 g/mol. The van der Waals surface area contributed by atoms with Crippen LogP contribution >= 0.6 is 0 Å². The van der Waals surface area contributed by atoms with Crippen LogP contribution in [0.4, 0.5) is 0 Å². The number of carbonyl (C=O) groups is 1. The van der Waals surface area contributed by atoms with E-state index in [4.69, 9.17) is 13.9 Å². The monoisotopic (exact) mass is 342 g/mol. The smallest absolute Gasteiger partial charge is 0.344 e. The predicted octanol–water partition coefficient (Wildman–Crippen LogP) is 3.80. The molecule has 2 aliphatic rings. The van der Waals surface area contributed by atoms with E-state index >= 15 is 0 Å². The molecule has 26 heavy (non-hydrogen) atoms. The molecule has 0 amide bonds. The number of benzene rings is 3. The molecule has 1 spiro atoms. The van der Waals surface area contributed by atoms with Gasteiger partial charge in [-0.3, -0.25) is 0 Å². The van der Waals surface area contributed by atoms with Gasteiger partial charge >= 0.3 is 11.6 Å². The van der Waals surface area contributed by atoms with Gasteiger partial charge in [-0.1, -0.05) is 36.4 Å². The first-order chi connectivity index (χ1) is 12.7. The van der Waals surface area contributed by atoms with Crippen LogP contribution in [0, 0.1) is 0 Å². The third-order valence-electron chi connectivity index (χ3n) is 5.14. The highest BCUT2D eigenvalue weighted by molar-refractivity contribution is 6.06. The van der Waals surface area contributed by atoms with Crippen molar-refractivity contribution in [3.8, 4) is 11.5 Å². The molecule has 7 rings (SSSR count). The van der Waals surface area contributed by atoms with Crippen molar-refractivity contribution in [3.63, 3.8) is 0 Å². The van der Waals surface area contributed by atoms with Crippen molar-refractivity contribution in [2.75, 3.05) is 0 Å². The fourth-order valence-corrected chi connectivity index (χ4v) is 4.13. The van der Waals surface area contributed by atoms with Crippen LogP contribution in [0.5, 0.6) is 11.5 Å². The summed E-state index contributed by atoms with van der Waals surface area (Å²) in [6.45, 7) is 0. The highest BCUT2D eigenvalue weighted by atomic mass is 16.6. The molecular weight excluding hydrogens is 332 g/mol. The SMILES string of the molecule is O=C1OC2(c3ccccc3Oc3ccccc32)c2c1c1ccc2oc1=O. The topological polar surface area (TPSA) is 65.7 Å². The largest absolute Gasteiger partial charge is 0.456 e. The number of esters is 1. The van der Waals surface area contributed by atoms with Crippen molar-refractivity contribution < 1.29 is 18.7 Å². The number of fused-ring (bicyclic) bond motifs is 6. The zero-order valence-electron chi connectivity index (χ0n) is 13.3. The van der Waals surface area contributed by atoms with Gasteiger partial charge in [-0.25, -0.2) is 9.59 Å². The summed E-state index contributed by atoms with van der Waals surface area (Å²) >= 11 is 0. The Hall–Kier alpha value is -3.60. The number of hydrogen-bond donors (Lipinski definition) is 0. The van der Waals surface area contributed by atoms with Crippen molar-refractivity contribution >= 4 is 16.9 Å². The minimum Gasteiger partial charge on any atom is -0.456 e. The summed E-state index contributed by atoms with van der Waals surface area (Å²) in [7, 11) is 0. The Kier molecular flexibility index (Phi) is 2.27. The molecule has 0 aliphatic carbocycles. The first-order valence-corrected chi connectivity index (χ1v) is 8.20. The molecule has 4 heterocycles. The first kappa shape index (κ1) is 13.7. The van der Waals surface area contributed by atoms with Crippen LogP contribution in [0.3, 0.4) is 0 Å². The maximum atomic E-state index is 12.8. The zero-order valence-corrected chi connectivity index (χ0v) is 13.3. The van der Waals surface area contributed by atoms with Gasteiger partial charge in [0.2, 0.25) is 0 Å². The molecule has 0 atom stereocenters. The Bertz CT molecular complexity index is 1240. The van der Waals surface area contributed by atoms with Gasteiger partial charge in [0.15, 0.2) is 5.60 Å². The van der Waals surface area contributed by atoms with Crippen molar-refractivity contribution in [1.29, 1.82) is 0 Å². The van der Waals surface area contributed by atoms with Gasteiger partial charge < -0.3 is 13.9 Å². The Morgan fingerprint density at radius 2 is 1.42 bits per heavy atom. The van der Waals surface area contributed by atoms with Crippen LogP contribution in [0.1, 0.15) is 27.0 Å². The molecule has 0 radical (unpaired) electrons. The molecule has 5 nitrogen and oxygen atoms in total. The predicted molar refractivity (Wildman–Crippen MR) is 91.9 cm³/mol. The minimum absolute atomic E-state index is 0.235. The Balaban J connectivity index is 1.84. The second-order valence-corrected chi connectivity index (χ2v) is 6.42. The molecule has 5 aromatic rings. The lowest BCUT2D eigenvalue weighted by Crippen LogP contribution is -2.33. The molecule has 0 saturated heterocycles. The second kappa shape index (κ2) is 4.32. The Labute approximate surface area is 146 Å². The first-order valence-electron chi connectivity index (χ1n) is 8.20. The maximum absolute atomic E-state index is 12.8. The third kappa shape index (κ3) is 1.39. The molecule has 124 valence electrons. The van der Waals surface area contributed by atoms with Gasteiger partial charge in [0.05, 0.1) is 16.5 Å². The van der Waals surface area contributed by atoms with Gasteiger partial charge in [-0.05, 0) is 24.3 Å². The molecule has 5 heteroatoms. The number of carbonyl (C=O) groups excluding carboxylic acids is 1. The Morgan fingerprint density at radius 1 is 0.769 bits per heavy atom. The van der Waals surface area contributed by atoms with Crippen molar-refractivity contribution in [3.05, 3.63) is 93.3 Å². The van der Waals surface area contributed by atoms with Crippen molar-refractivity contribution in [2.24, 2.45) is 0 Å². The van der Waals surface area contributed by atoms with E-state index in [0.29, 0.717) is 33.8 Å². The Morgan fingerprint density at radius 3 is 2.08 bits per heavy atom. The normalized spacial score (nSPS) is 16.1. The molecular formula is C21H10O5. The summed E-state index contributed by atoms with van der Waals surface area (Å²) in [6, 6.07) is 18.2. The van der Waals surface area contributed by atoms with Crippen LogP contribution in [0.25, 0.3) is 11.0 Å². The lowest BCUT2D eigenvalue weighted by atomic mass is 9.77. The van der Waals surface area contributed by atoms with Gasteiger partial charge in [0.25, 0.3) is 0 Å². The van der Waals surface area contributed by atoms with Crippen LogP contribution in [-0.2, 0) is 10.3 Å². The number of ether oxygens (including phenoxy) is 2. The summed E-state index contributed by atoms with van der Waals surface area (Å²) < 4.78 is 17.5. The molecule has 0 fully saturated rings. The number of hydrogen-bond acceptors (Lipinski definition) is 5. The van der Waals surface area contributed by atoms with Gasteiger partial charge in [0.1, 0.15) is 17.1 Å². The van der Waals surface area contributed by atoms with E-state index in [-0.39, 0.29) is 10.9 Å². The highest BCUT2D eigenvalue weighted by Gasteiger charge is 2.56. The zero-order chi connectivity index (χ0) is 17.5. The molecule has 2 bridgehead atoms. The standard InChI is InChI=1S/C21H10O5/c22-19-11-9-10-16(25-19)18-17(11)20(23)26-21(18)12-5-1-3-7-14(12)24-15-8-4-2-6-13(15)21/h1-10H. The fourth-order valence-electron chi connectivity index (χ4n) is 4.13. The lowest BCUT2D eigenvalue weighted by Gasteiger charge is -2.36. The van der Waals surface area contributed by atoms with E-state index in [0.717, 1.165) is 0 Å².